The van der Waals surface area contributed by atoms with Crippen molar-refractivity contribution in [3.8, 4) is 0 Å². The molecule has 3 heteroatoms. The lowest BCUT2D eigenvalue weighted by Crippen LogP contribution is -2.12. The molecule has 1 aromatic heterocycles. The van der Waals surface area contributed by atoms with E-state index in [1.165, 1.54) is 0 Å². The van der Waals surface area contributed by atoms with Crippen LogP contribution in [0.5, 0.6) is 0 Å². The Morgan fingerprint density at radius 3 is 2.70 bits per heavy atom. The number of benzene rings is 2. The van der Waals surface area contributed by atoms with Crippen molar-refractivity contribution in [1.82, 2.24) is 0 Å². The molecule has 3 nitrogen and oxygen atoms in total. The van der Waals surface area contributed by atoms with Crippen LogP contribution in [0.3, 0.4) is 0 Å². The third-order valence-electron chi connectivity index (χ3n) is 3.24. The van der Waals surface area contributed by atoms with Crippen LogP contribution >= 0.6 is 0 Å². The van der Waals surface area contributed by atoms with Crippen LogP contribution in [0.15, 0.2) is 65.3 Å². The number of rotatable bonds is 4. The van der Waals surface area contributed by atoms with E-state index in [-0.39, 0.29) is 5.91 Å². The molecule has 3 aromatic rings. The molecule has 20 heavy (non-hydrogen) atoms. The minimum atomic E-state index is -0.00208. The zero-order valence-corrected chi connectivity index (χ0v) is 11.0. The molecule has 0 bridgehead atoms. The molecule has 0 saturated carbocycles. The Balaban J connectivity index is 1.71. The Morgan fingerprint density at radius 2 is 1.85 bits per heavy atom. The lowest BCUT2D eigenvalue weighted by atomic mass is 10.1. The van der Waals surface area contributed by atoms with Crippen molar-refractivity contribution in [2.24, 2.45) is 0 Å². The third kappa shape index (κ3) is 2.72. The van der Waals surface area contributed by atoms with Gasteiger partial charge in [-0.2, -0.15) is 0 Å². The van der Waals surface area contributed by atoms with Gasteiger partial charge in [0.2, 0.25) is 5.91 Å². The average Bonchev–Trinajstić information content (AvgIpc) is 2.99. The summed E-state index contributed by atoms with van der Waals surface area (Å²) in [6, 6.07) is 17.6. The van der Waals surface area contributed by atoms with E-state index in [0.717, 1.165) is 22.2 Å². The highest BCUT2D eigenvalue weighted by Gasteiger charge is 2.06. The van der Waals surface area contributed by atoms with Crippen molar-refractivity contribution in [1.29, 1.82) is 0 Å². The predicted octanol–water partition coefficient (Wildman–Crippen LogP) is 4.00. The van der Waals surface area contributed by atoms with E-state index in [9.17, 15) is 4.79 Å². The summed E-state index contributed by atoms with van der Waals surface area (Å²) in [5.74, 6) is 0.829. The second-order valence-corrected chi connectivity index (χ2v) is 4.65. The number of anilines is 1. The van der Waals surface area contributed by atoms with Gasteiger partial charge >= 0.3 is 0 Å². The second-order valence-electron chi connectivity index (χ2n) is 4.65. The summed E-state index contributed by atoms with van der Waals surface area (Å²) in [5.41, 5.74) is 0.854. The molecular formula is C17H15NO2. The first-order chi connectivity index (χ1) is 9.83. The smallest absolute Gasteiger partial charge is 0.224 e. The van der Waals surface area contributed by atoms with Crippen LogP contribution in [-0.4, -0.2) is 5.91 Å². The van der Waals surface area contributed by atoms with Gasteiger partial charge in [0.25, 0.3) is 0 Å². The first kappa shape index (κ1) is 12.5. The van der Waals surface area contributed by atoms with Gasteiger partial charge in [0.15, 0.2) is 0 Å². The molecule has 0 atom stereocenters. The van der Waals surface area contributed by atoms with Crippen molar-refractivity contribution < 1.29 is 9.21 Å². The lowest BCUT2D eigenvalue weighted by Gasteiger charge is -2.08. The quantitative estimate of drug-likeness (QED) is 0.774. The molecule has 1 N–H and O–H groups in total. The molecule has 0 aliphatic carbocycles. The number of hydrogen-bond acceptors (Lipinski definition) is 2. The fraction of sp³-hybridized carbons (Fsp3) is 0.118. The number of nitrogens with one attached hydrogen (secondary N) is 1. The monoisotopic (exact) mass is 265 g/mol. The highest BCUT2D eigenvalue weighted by atomic mass is 16.3. The molecular weight excluding hydrogens is 250 g/mol. The minimum Gasteiger partial charge on any atom is -0.469 e. The van der Waals surface area contributed by atoms with E-state index in [1.807, 2.05) is 54.6 Å². The summed E-state index contributed by atoms with van der Waals surface area (Å²) < 4.78 is 5.22. The first-order valence-corrected chi connectivity index (χ1v) is 6.63. The molecule has 0 unspecified atom stereocenters. The maximum absolute atomic E-state index is 12.0. The minimum absolute atomic E-state index is 0.00208. The standard InChI is InChI=1S/C17H15NO2/c19-17(11-10-14-7-4-12-20-14)18-16-9-3-6-13-5-1-2-8-15(13)16/h1-9,12H,10-11H2,(H,18,19). The Labute approximate surface area is 117 Å². The van der Waals surface area contributed by atoms with Crippen molar-refractivity contribution >= 4 is 22.4 Å². The first-order valence-electron chi connectivity index (χ1n) is 6.63. The molecule has 100 valence electrons. The molecule has 0 radical (unpaired) electrons. The SMILES string of the molecule is O=C(CCc1ccco1)Nc1cccc2ccccc12. The van der Waals surface area contributed by atoms with Gasteiger partial charge in [-0.1, -0.05) is 36.4 Å². The second kappa shape index (κ2) is 5.61. The highest BCUT2D eigenvalue weighted by molar-refractivity contribution is 6.02. The maximum Gasteiger partial charge on any atom is 0.224 e. The molecule has 3 rings (SSSR count). The summed E-state index contributed by atoms with van der Waals surface area (Å²) in [4.78, 5) is 12.0. The van der Waals surface area contributed by atoms with Crippen LogP contribution in [0.1, 0.15) is 12.2 Å². The number of fused-ring (bicyclic) bond motifs is 1. The van der Waals surface area contributed by atoms with Crippen LogP contribution in [-0.2, 0) is 11.2 Å². The summed E-state index contributed by atoms with van der Waals surface area (Å²) in [6.45, 7) is 0. The van der Waals surface area contributed by atoms with Crippen LogP contribution in [0.2, 0.25) is 0 Å². The number of hydrogen-bond donors (Lipinski definition) is 1. The normalized spacial score (nSPS) is 10.6. The average molecular weight is 265 g/mol. The summed E-state index contributed by atoms with van der Waals surface area (Å²) in [7, 11) is 0. The highest BCUT2D eigenvalue weighted by Crippen LogP contribution is 2.23. The van der Waals surface area contributed by atoms with Crippen molar-refractivity contribution in [3.63, 3.8) is 0 Å². The summed E-state index contributed by atoms with van der Waals surface area (Å²) >= 11 is 0. The van der Waals surface area contributed by atoms with Crippen LogP contribution in [0.4, 0.5) is 5.69 Å². The van der Waals surface area contributed by atoms with Gasteiger partial charge in [-0.3, -0.25) is 4.79 Å². The van der Waals surface area contributed by atoms with Gasteiger partial charge in [0, 0.05) is 23.9 Å². The molecule has 1 amide bonds. The van der Waals surface area contributed by atoms with E-state index < -0.39 is 0 Å². The Morgan fingerprint density at radius 1 is 1.00 bits per heavy atom. The van der Waals surface area contributed by atoms with Crippen LogP contribution in [0.25, 0.3) is 10.8 Å². The summed E-state index contributed by atoms with van der Waals surface area (Å²) in [5, 5.41) is 5.15. The van der Waals surface area contributed by atoms with E-state index in [1.54, 1.807) is 6.26 Å². The molecule has 1 heterocycles. The third-order valence-corrected chi connectivity index (χ3v) is 3.24. The number of carbonyl (C=O) groups excluding carboxylic acids is 1. The Hall–Kier alpha value is -2.55. The van der Waals surface area contributed by atoms with Gasteiger partial charge in [-0.15, -0.1) is 0 Å². The molecule has 2 aromatic carbocycles. The molecule has 0 aliphatic heterocycles. The summed E-state index contributed by atoms with van der Waals surface area (Å²) in [6.07, 6.45) is 2.65. The van der Waals surface area contributed by atoms with E-state index in [0.29, 0.717) is 12.8 Å². The zero-order valence-electron chi connectivity index (χ0n) is 11.0. The van der Waals surface area contributed by atoms with Gasteiger partial charge in [-0.25, -0.2) is 0 Å². The van der Waals surface area contributed by atoms with E-state index in [2.05, 4.69) is 5.32 Å². The van der Waals surface area contributed by atoms with Gasteiger partial charge < -0.3 is 9.73 Å². The van der Waals surface area contributed by atoms with Gasteiger partial charge in [-0.05, 0) is 23.6 Å². The number of furan rings is 1. The van der Waals surface area contributed by atoms with Gasteiger partial charge in [0.05, 0.1) is 6.26 Å². The number of amides is 1. The fourth-order valence-corrected chi connectivity index (χ4v) is 2.24. The molecule has 0 aliphatic rings. The predicted molar refractivity (Wildman–Crippen MR) is 79.6 cm³/mol. The molecule has 0 fully saturated rings. The van der Waals surface area contributed by atoms with Crippen molar-refractivity contribution in [2.45, 2.75) is 12.8 Å². The largest absolute Gasteiger partial charge is 0.469 e. The molecule has 0 saturated heterocycles. The number of carbonyl (C=O) groups is 1. The number of aryl methyl sites for hydroxylation is 1. The fourth-order valence-electron chi connectivity index (χ4n) is 2.24. The zero-order chi connectivity index (χ0) is 13.8. The lowest BCUT2D eigenvalue weighted by molar-refractivity contribution is -0.116. The van der Waals surface area contributed by atoms with Crippen molar-refractivity contribution in [2.75, 3.05) is 5.32 Å². The van der Waals surface area contributed by atoms with Crippen LogP contribution < -0.4 is 5.32 Å². The molecule has 0 spiro atoms. The van der Waals surface area contributed by atoms with E-state index in [4.69, 9.17) is 4.42 Å². The van der Waals surface area contributed by atoms with Gasteiger partial charge in [0.1, 0.15) is 5.76 Å². The van der Waals surface area contributed by atoms with E-state index >= 15 is 0 Å². The Kier molecular flexibility index (Phi) is 3.50. The topological polar surface area (TPSA) is 42.2 Å². The maximum atomic E-state index is 12.0. The van der Waals surface area contributed by atoms with Crippen molar-refractivity contribution in [3.05, 3.63) is 66.6 Å². The Bertz CT molecular complexity index is 711. The van der Waals surface area contributed by atoms with Crippen LogP contribution in [0, 0.1) is 0 Å².